The lowest BCUT2D eigenvalue weighted by Gasteiger charge is -2.22. The Labute approximate surface area is 198 Å². The van der Waals surface area contributed by atoms with Crippen LogP contribution in [-0.2, 0) is 38.6 Å². The number of carbonyl (C=O) groups is 3. The molecule has 1 heterocycles. The van der Waals surface area contributed by atoms with Crippen molar-refractivity contribution in [2.24, 2.45) is 0 Å². The van der Waals surface area contributed by atoms with Crippen LogP contribution in [0.15, 0.2) is 73.2 Å². The molecule has 3 aromatic rings. The van der Waals surface area contributed by atoms with Crippen molar-refractivity contribution in [3.05, 3.63) is 90.0 Å². The molecule has 0 saturated heterocycles. The second-order valence-corrected chi connectivity index (χ2v) is 7.87. The third kappa shape index (κ3) is 7.56. The van der Waals surface area contributed by atoms with Crippen LogP contribution in [0.4, 0.5) is 0 Å². The Morgan fingerprint density at radius 1 is 1.03 bits per heavy atom. The first-order chi connectivity index (χ1) is 16.4. The largest absolute Gasteiger partial charge is 0.480 e. The lowest BCUT2D eigenvalue weighted by atomic mass is 10.1. The number of amides is 1. The highest BCUT2D eigenvalue weighted by atomic mass is 16.5. The standard InChI is InChI=1S/C25H28N4O5/c1-34-25(33)22(12-21-13-26-18-29(21)15-20-10-6-3-7-11-20)27-23(30)16-28(17-24(31)32)14-19-8-4-2-5-9-19/h2-11,13,18,22H,12,14-17H2,1H3,(H,27,30)(H,31,32). The van der Waals surface area contributed by atoms with E-state index in [2.05, 4.69) is 10.3 Å². The number of aromatic nitrogens is 2. The highest BCUT2D eigenvalue weighted by molar-refractivity contribution is 5.86. The molecule has 178 valence electrons. The van der Waals surface area contributed by atoms with Gasteiger partial charge in [-0.25, -0.2) is 9.78 Å². The summed E-state index contributed by atoms with van der Waals surface area (Å²) in [7, 11) is 1.26. The molecule has 34 heavy (non-hydrogen) atoms. The van der Waals surface area contributed by atoms with Crippen molar-refractivity contribution >= 4 is 17.8 Å². The van der Waals surface area contributed by atoms with Gasteiger partial charge in [0.25, 0.3) is 0 Å². The van der Waals surface area contributed by atoms with E-state index in [1.165, 1.54) is 12.0 Å². The number of aliphatic carboxylic acids is 1. The Morgan fingerprint density at radius 2 is 1.68 bits per heavy atom. The Hall–Kier alpha value is -3.98. The zero-order valence-electron chi connectivity index (χ0n) is 19.0. The number of benzene rings is 2. The van der Waals surface area contributed by atoms with E-state index >= 15 is 0 Å². The van der Waals surface area contributed by atoms with Crippen molar-refractivity contribution < 1.29 is 24.2 Å². The average Bonchev–Trinajstić information content (AvgIpc) is 3.25. The van der Waals surface area contributed by atoms with Crippen LogP contribution in [0, 0.1) is 0 Å². The number of imidazole rings is 1. The fourth-order valence-electron chi connectivity index (χ4n) is 3.63. The monoisotopic (exact) mass is 464 g/mol. The molecule has 0 saturated carbocycles. The minimum Gasteiger partial charge on any atom is -0.480 e. The molecule has 2 N–H and O–H groups in total. The summed E-state index contributed by atoms with van der Waals surface area (Å²) in [6, 6.07) is 18.2. The molecule has 0 spiro atoms. The molecule has 9 heteroatoms. The van der Waals surface area contributed by atoms with Crippen LogP contribution in [-0.4, -0.2) is 63.6 Å². The first kappa shape index (κ1) is 24.7. The van der Waals surface area contributed by atoms with Gasteiger partial charge < -0.3 is 19.7 Å². The highest BCUT2D eigenvalue weighted by Crippen LogP contribution is 2.10. The third-order valence-corrected chi connectivity index (χ3v) is 5.20. The molecule has 9 nitrogen and oxygen atoms in total. The summed E-state index contributed by atoms with van der Waals surface area (Å²) in [5.74, 6) is -2.10. The minimum absolute atomic E-state index is 0.183. The van der Waals surface area contributed by atoms with Gasteiger partial charge in [0.15, 0.2) is 0 Å². The molecule has 0 aliphatic heterocycles. The molecule has 1 amide bonds. The van der Waals surface area contributed by atoms with E-state index in [0.29, 0.717) is 6.54 Å². The van der Waals surface area contributed by atoms with E-state index in [-0.39, 0.29) is 26.1 Å². The molecular weight excluding hydrogens is 436 g/mol. The Kier molecular flexibility index (Phi) is 8.93. The van der Waals surface area contributed by atoms with Crippen LogP contribution < -0.4 is 5.32 Å². The number of carboxylic acids is 1. The SMILES string of the molecule is COC(=O)C(Cc1cncn1Cc1ccccc1)NC(=O)CN(CC(=O)O)Cc1ccccc1. The lowest BCUT2D eigenvalue weighted by molar-refractivity contribution is -0.145. The Morgan fingerprint density at radius 3 is 2.29 bits per heavy atom. The van der Waals surface area contributed by atoms with Crippen molar-refractivity contribution in [1.29, 1.82) is 0 Å². The molecule has 0 aliphatic rings. The molecule has 0 radical (unpaired) electrons. The number of carboxylic acid groups (broad SMARTS) is 1. The summed E-state index contributed by atoms with van der Waals surface area (Å²) in [6.45, 7) is 0.363. The number of ether oxygens (including phenoxy) is 1. The van der Waals surface area contributed by atoms with Crippen molar-refractivity contribution in [2.45, 2.75) is 25.6 Å². The summed E-state index contributed by atoms with van der Waals surface area (Å²) < 4.78 is 6.80. The molecule has 3 rings (SSSR count). The maximum absolute atomic E-state index is 12.8. The molecule has 0 fully saturated rings. The minimum atomic E-state index is -1.04. The van der Waals surface area contributed by atoms with Gasteiger partial charge in [0.1, 0.15) is 6.04 Å². The second-order valence-electron chi connectivity index (χ2n) is 7.87. The third-order valence-electron chi connectivity index (χ3n) is 5.20. The van der Waals surface area contributed by atoms with Crippen LogP contribution in [0.5, 0.6) is 0 Å². The highest BCUT2D eigenvalue weighted by Gasteiger charge is 2.25. The van der Waals surface area contributed by atoms with E-state index in [4.69, 9.17) is 4.74 Å². The van der Waals surface area contributed by atoms with Gasteiger partial charge >= 0.3 is 11.9 Å². The van der Waals surface area contributed by atoms with Crippen molar-refractivity contribution in [3.63, 3.8) is 0 Å². The van der Waals surface area contributed by atoms with Crippen LogP contribution in [0.2, 0.25) is 0 Å². The van der Waals surface area contributed by atoms with Crippen molar-refractivity contribution in [1.82, 2.24) is 19.8 Å². The smallest absolute Gasteiger partial charge is 0.328 e. The summed E-state index contributed by atoms with van der Waals surface area (Å²) in [4.78, 5) is 42.2. The molecule has 1 unspecified atom stereocenters. The van der Waals surface area contributed by atoms with Crippen LogP contribution >= 0.6 is 0 Å². The van der Waals surface area contributed by atoms with Gasteiger partial charge in [-0.05, 0) is 11.1 Å². The van der Waals surface area contributed by atoms with Crippen LogP contribution in [0.25, 0.3) is 0 Å². The van der Waals surface area contributed by atoms with Gasteiger partial charge in [0.05, 0.1) is 26.5 Å². The second kappa shape index (κ2) is 12.3. The zero-order chi connectivity index (χ0) is 24.3. The quantitative estimate of drug-likeness (QED) is 0.392. The van der Waals surface area contributed by atoms with Gasteiger partial charge in [-0.3, -0.25) is 14.5 Å². The van der Waals surface area contributed by atoms with E-state index in [1.54, 1.807) is 12.5 Å². The maximum Gasteiger partial charge on any atom is 0.328 e. The number of nitrogens with one attached hydrogen (secondary N) is 1. The summed E-state index contributed by atoms with van der Waals surface area (Å²) >= 11 is 0. The Bertz CT molecular complexity index is 1080. The van der Waals surface area contributed by atoms with Crippen LogP contribution in [0.1, 0.15) is 16.8 Å². The summed E-state index contributed by atoms with van der Waals surface area (Å²) in [6.07, 6.45) is 3.51. The topological polar surface area (TPSA) is 114 Å². The molecular formula is C25H28N4O5. The van der Waals surface area contributed by atoms with Gasteiger partial charge in [-0.1, -0.05) is 60.7 Å². The van der Waals surface area contributed by atoms with Crippen molar-refractivity contribution in [3.8, 4) is 0 Å². The number of carbonyl (C=O) groups excluding carboxylic acids is 2. The number of nitrogens with zero attached hydrogens (tertiary/aromatic N) is 3. The summed E-state index contributed by atoms with van der Waals surface area (Å²) in [5.41, 5.74) is 2.71. The Balaban J connectivity index is 1.67. The van der Waals surface area contributed by atoms with E-state index in [9.17, 15) is 19.5 Å². The number of rotatable bonds is 12. The molecule has 2 aromatic carbocycles. The number of esters is 1. The van der Waals surface area contributed by atoms with Gasteiger partial charge in [-0.15, -0.1) is 0 Å². The fourth-order valence-corrected chi connectivity index (χ4v) is 3.63. The normalized spacial score (nSPS) is 11.7. The zero-order valence-corrected chi connectivity index (χ0v) is 19.0. The molecule has 1 atom stereocenters. The molecule has 1 aromatic heterocycles. The van der Waals surface area contributed by atoms with E-state index in [1.807, 2.05) is 65.2 Å². The van der Waals surface area contributed by atoms with E-state index in [0.717, 1.165) is 16.8 Å². The first-order valence-electron chi connectivity index (χ1n) is 10.8. The summed E-state index contributed by atoms with van der Waals surface area (Å²) in [5, 5.41) is 11.9. The number of hydrogen-bond donors (Lipinski definition) is 2. The first-order valence-corrected chi connectivity index (χ1v) is 10.8. The predicted octanol–water partition coefficient (Wildman–Crippen LogP) is 1.72. The fraction of sp³-hybridized carbons (Fsp3) is 0.280. The lowest BCUT2D eigenvalue weighted by Crippen LogP contribution is -2.47. The maximum atomic E-state index is 12.8. The number of hydrogen-bond acceptors (Lipinski definition) is 6. The van der Waals surface area contributed by atoms with Gasteiger partial charge in [0.2, 0.25) is 5.91 Å². The van der Waals surface area contributed by atoms with Gasteiger partial charge in [0, 0.05) is 31.4 Å². The van der Waals surface area contributed by atoms with Gasteiger partial charge in [-0.2, -0.15) is 0 Å². The molecule has 0 aliphatic carbocycles. The molecule has 0 bridgehead atoms. The van der Waals surface area contributed by atoms with Crippen LogP contribution in [0.3, 0.4) is 0 Å². The van der Waals surface area contributed by atoms with Crippen molar-refractivity contribution in [2.75, 3.05) is 20.2 Å². The predicted molar refractivity (Wildman–Crippen MR) is 125 cm³/mol. The average molecular weight is 465 g/mol. The number of methoxy groups -OCH3 is 1. The van der Waals surface area contributed by atoms with E-state index < -0.39 is 23.9 Å².